The van der Waals surface area contributed by atoms with Crippen molar-refractivity contribution in [2.75, 3.05) is 40.1 Å². The maximum Gasteiger partial charge on any atom is 0.134 e. The van der Waals surface area contributed by atoms with Gasteiger partial charge in [-0.3, -0.25) is 0 Å². The Labute approximate surface area is 114 Å². The number of aliphatic hydroxyl groups is 1. The van der Waals surface area contributed by atoms with E-state index in [9.17, 15) is 0 Å². The van der Waals surface area contributed by atoms with E-state index in [0.717, 1.165) is 17.7 Å². The summed E-state index contributed by atoms with van der Waals surface area (Å²) in [6.07, 6.45) is 0.811. The molecule has 19 heavy (non-hydrogen) atoms. The standard InChI is InChI=1S/C15H20O4/c1-17-12-13-18-10-5-11-19-15-8-3-2-6-14(15)7-4-9-16/h2-3,6,8,16H,5,9-13H2,1H3. The van der Waals surface area contributed by atoms with Crippen molar-refractivity contribution in [2.45, 2.75) is 6.42 Å². The van der Waals surface area contributed by atoms with Gasteiger partial charge in [0.15, 0.2) is 0 Å². The van der Waals surface area contributed by atoms with Gasteiger partial charge in [0.2, 0.25) is 0 Å². The average molecular weight is 264 g/mol. The summed E-state index contributed by atoms with van der Waals surface area (Å²) < 4.78 is 15.9. The lowest BCUT2D eigenvalue weighted by molar-refractivity contribution is 0.0644. The molecule has 4 nitrogen and oxygen atoms in total. The number of para-hydroxylation sites is 1. The summed E-state index contributed by atoms with van der Waals surface area (Å²) in [5.41, 5.74) is 0.789. The Balaban J connectivity index is 2.29. The second-order valence-electron chi connectivity index (χ2n) is 3.76. The van der Waals surface area contributed by atoms with Gasteiger partial charge in [-0.05, 0) is 12.1 Å². The highest BCUT2D eigenvalue weighted by Gasteiger charge is 1.99. The van der Waals surface area contributed by atoms with Crippen LogP contribution in [0, 0.1) is 11.8 Å². The highest BCUT2D eigenvalue weighted by Crippen LogP contribution is 2.16. The first kappa shape index (κ1) is 15.5. The summed E-state index contributed by atoms with van der Waals surface area (Å²) in [7, 11) is 1.65. The van der Waals surface area contributed by atoms with Crippen LogP contribution in [0.2, 0.25) is 0 Å². The number of hydrogen-bond acceptors (Lipinski definition) is 4. The Bertz CT molecular complexity index is 406. The van der Waals surface area contributed by atoms with Crippen LogP contribution in [0.3, 0.4) is 0 Å². The third-order valence-corrected chi connectivity index (χ3v) is 2.31. The van der Waals surface area contributed by atoms with E-state index < -0.39 is 0 Å². The predicted octanol–water partition coefficient (Wildman–Crippen LogP) is 1.46. The Hall–Kier alpha value is -1.54. The molecule has 4 heteroatoms. The molecule has 104 valence electrons. The zero-order valence-corrected chi connectivity index (χ0v) is 11.2. The van der Waals surface area contributed by atoms with Gasteiger partial charge < -0.3 is 19.3 Å². The van der Waals surface area contributed by atoms with E-state index in [4.69, 9.17) is 19.3 Å². The van der Waals surface area contributed by atoms with Gasteiger partial charge in [-0.25, -0.2) is 0 Å². The monoisotopic (exact) mass is 264 g/mol. The fourth-order valence-corrected chi connectivity index (χ4v) is 1.42. The van der Waals surface area contributed by atoms with Crippen molar-refractivity contribution in [2.24, 2.45) is 0 Å². The quantitative estimate of drug-likeness (QED) is 0.570. The van der Waals surface area contributed by atoms with E-state index in [0.29, 0.717) is 26.4 Å². The molecular formula is C15H20O4. The lowest BCUT2D eigenvalue weighted by Crippen LogP contribution is -2.07. The Morgan fingerprint density at radius 3 is 2.74 bits per heavy atom. The summed E-state index contributed by atoms with van der Waals surface area (Å²) in [5, 5.41) is 8.69. The van der Waals surface area contributed by atoms with Crippen LogP contribution in [-0.2, 0) is 9.47 Å². The number of aliphatic hydroxyl groups excluding tert-OH is 1. The summed E-state index contributed by atoms with van der Waals surface area (Å²) in [6.45, 7) is 2.29. The first-order chi connectivity index (χ1) is 9.38. The van der Waals surface area contributed by atoms with Crippen LogP contribution in [0.1, 0.15) is 12.0 Å². The van der Waals surface area contributed by atoms with E-state index in [1.165, 1.54) is 0 Å². The van der Waals surface area contributed by atoms with Crippen molar-refractivity contribution < 1.29 is 19.3 Å². The van der Waals surface area contributed by atoms with Crippen LogP contribution < -0.4 is 4.74 Å². The number of rotatable bonds is 8. The van der Waals surface area contributed by atoms with E-state index in [1.807, 2.05) is 24.3 Å². The summed E-state index contributed by atoms with van der Waals surface area (Å²) in [4.78, 5) is 0. The maximum atomic E-state index is 8.69. The lowest BCUT2D eigenvalue weighted by Gasteiger charge is -2.08. The number of methoxy groups -OCH3 is 1. The van der Waals surface area contributed by atoms with Gasteiger partial charge in [0.25, 0.3) is 0 Å². The zero-order chi connectivity index (χ0) is 13.8. The van der Waals surface area contributed by atoms with Gasteiger partial charge in [0.05, 0.1) is 25.4 Å². The SMILES string of the molecule is COCCOCCCOc1ccccc1C#CCO. The highest BCUT2D eigenvalue weighted by atomic mass is 16.5. The molecule has 0 spiro atoms. The van der Waals surface area contributed by atoms with E-state index in [-0.39, 0.29) is 6.61 Å². The van der Waals surface area contributed by atoms with E-state index >= 15 is 0 Å². The summed E-state index contributed by atoms with van der Waals surface area (Å²) >= 11 is 0. The summed E-state index contributed by atoms with van der Waals surface area (Å²) in [5.74, 6) is 6.21. The van der Waals surface area contributed by atoms with E-state index in [2.05, 4.69) is 11.8 Å². The van der Waals surface area contributed by atoms with Crippen LogP contribution >= 0.6 is 0 Å². The van der Waals surface area contributed by atoms with Crippen LogP contribution in [0.4, 0.5) is 0 Å². The molecule has 0 heterocycles. The molecule has 0 amide bonds. The number of ether oxygens (including phenoxy) is 3. The number of hydrogen-bond donors (Lipinski definition) is 1. The number of benzene rings is 1. The molecule has 0 bridgehead atoms. The second-order valence-corrected chi connectivity index (χ2v) is 3.76. The molecule has 0 aliphatic carbocycles. The van der Waals surface area contributed by atoms with Gasteiger partial charge in [-0.15, -0.1) is 0 Å². The maximum absolute atomic E-state index is 8.69. The van der Waals surface area contributed by atoms with Crippen LogP contribution in [0.15, 0.2) is 24.3 Å². The minimum absolute atomic E-state index is 0.151. The van der Waals surface area contributed by atoms with Crippen molar-refractivity contribution in [1.82, 2.24) is 0 Å². The smallest absolute Gasteiger partial charge is 0.134 e. The first-order valence-electron chi connectivity index (χ1n) is 6.26. The molecule has 0 aliphatic heterocycles. The van der Waals surface area contributed by atoms with Crippen LogP contribution in [0.25, 0.3) is 0 Å². The molecule has 1 aromatic carbocycles. The van der Waals surface area contributed by atoms with Gasteiger partial charge in [-0.1, -0.05) is 24.0 Å². The van der Waals surface area contributed by atoms with Gasteiger partial charge in [-0.2, -0.15) is 0 Å². The molecule has 1 rings (SSSR count). The van der Waals surface area contributed by atoms with Crippen LogP contribution in [-0.4, -0.2) is 45.3 Å². The minimum atomic E-state index is -0.151. The summed E-state index contributed by atoms with van der Waals surface area (Å²) in [6, 6.07) is 7.52. The predicted molar refractivity (Wildman–Crippen MR) is 73.2 cm³/mol. The van der Waals surface area contributed by atoms with Gasteiger partial charge in [0, 0.05) is 20.1 Å². The highest BCUT2D eigenvalue weighted by molar-refractivity contribution is 5.45. The molecule has 0 aliphatic rings. The average Bonchev–Trinajstić information content (AvgIpc) is 2.45. The van der Waals surface area contributed by atoms with Crippen molar-refractivity contribution in [3.8, 4) is 17.6 Å². The Kier molecular flexibility index (Phi) is 8.48. The second kappa shape index (κ2) is 10.4. The Morgan fingerprint density at radius 1 is 1.11 bits per heavy atom. The Morgan fingerprint density at radius 2 is 1.95 bits per heavy atom. The van der Waals surface area contributed by atoms with Crippen molar-refractivity contribution in [1.29, 1.82) is 0 Å². The normalized spacial score (nSPS) is 9.79. The molecule has 1 aromatic rings. The topological polar surface area (TPSA) is 47.9 Å². The lowest BCUT2D eigenvalue weighted by atomic mass is 10.2. The molecule has 0 saturated carbocycles. The molecule has 0 radical (unpaired) electrons. The van der Waals surface area contributed by atoms with Crippen molar-refractivity contribution in [3.05, 3.63) is 29.8 Å². The van der Waals surface area contributed by atoms with Crippen LogP contribution in [0.5, 0.6) is 5.75 Å². The molecule has 0 saturated heterocycles. The minimum Gasteiger partial charge on any atom is -0.492 e. The fraction of sp³-hybridized carbons (Fsp3) is 0.467. The largest absolute Gasteiger partial charge is 0.492 e. The molecule has 0 atom stereocenters. The van der Waals surface area contributed by atoms with Gasteiger partial charge in [0.1, 0.15) is 12.4 Å². The zero-order valence-electron chi connectivity index (χ0n) is 11.2. The van der Waals surface area contributed by atoms with Crippen molar-refractivity contribution in [3.63, 3.8) is 0 Å². The molecule has 1 N–H and O–H groups in total. The van der Waals surface area contributed by atoms with Crippen molar-refractivity contribution >= 4 is 0 Å². The first-order valence-corrected chi connectivity index (χ1v) is 6.26. The van der Waals surface area contributed by atoms with Gasteiger partial charge >= 0.3 is 0 Å². The molecule has 0 aromatic heterocycles. The fourth-order valence-electron chi connectivity index (χ4n) is 1.42. The van der Waals surface area contributed by atoms with E-state index in [1.54, 1.807) is 7.11 Å². The third-order valence-electron chi connectivity index (χ3n) is 2.31. The molecular weight excluding hydrogens is 244 g/mol. The molecule has 0 fully saturated rings. The molecule has 0 unspecified atom stereocenters. The third kappa shape index (κ3) is 6.82.